The van der Waals surface area contributed by atoms with Crippen LogP contribution in [0.4, 0.5) is 0 Å². The molecule has 3 nitrogen and oxygen atoms in total. The Hall–Kier alpha value is -1.04. The lowest BCUT2D eigenvalue weighted by Crippen LogP contribution is -2.10. The van der Waals surface area contributed by atoms with E-state index in [-0.39, 0.29) is 0 Å². The second-order valence-corrected chi connectivity index (χ2v) is 6.20. The van der Waals surface area contributed by atoms with E-state index in [1.165, 1.54) is 5.56 Å². The Morgan fingerprint density at radius 3 is 2.19 bits per heavy atom. The Morgan fingerprint density at radius 2 is 1.52 bits per heavy atom. The molecule has 0 aliphatic carbocycles. The summed E-state index contributed by atoms with van der Waals surface area (Å²) in [6, 6.07) is 13.7. The lowest BCUT2D eigenvalue weighted by atomic mass is 10.2. The van der Waals surface area contributed by atoms with E-state index in [2.05, 4.69) is 37.2 Å². The molecule has 0 bridgehead atoms. The van der Waals surface area contributed by atoms with Crippen LogP contribution in [0.2, 0.25) is 0 Å². The lowest BCUT2D eigenvalue weighted by molar-refractivity contribution is 0.217. The molecule has 1 N–H and O–H groups in total. The van der Waals surface area contributed by atoms with Crippen molar-refractivity contribution in [2.45, 2.75) is 6.54 Å². The Bertz CT molecular complexity index is 573. The van der Waals surface area contributed by atoms with Gasteiger partial charge in [0.15, 0.2) is 0 Å². The first kappa shape index (κ1) is 16.3. The summed E-state index contributed by atoms with van der Waals surface area (Å²) in [6.07, 6.45) is 0. The first-order valence-corrected chi connectivity index (χ1v) is 8.22. The number of rotatable bonds is 7. The van der Waals surface area contributed by atoms with Gasteiger partial charge in [0.1, 0.15) is 24.7 Å². The summed E-state index contributed by atoms with van der Waals surface area (Å²) in [5.74, 6) is 1.69. The van der Waals surface area contributed by atoms with Crippen molar-refractivity contribution in [3.05, 3.63) is 57.0 Å². The standard InChI is InChI=1S/C16H17Br2NO2/c1-19-11-12-10-15(6-7-16(12)18)21-9-8-20-14-4-2-13(17)3-5-14/h2-7,10,19H,8-9,11H2,1H3. The molecule has 0 saturated heterocycles. The number of halogens is 2. The van der Waals surface area contributed by atoms with Crippen molar-refractivity contribution >= 4 is 31.9 Å². The maximum Gasteiger partial charge on any atom is 0.122 e. The van der Waals surface area contributed by atoms with Crippen molar-refractivity contribution < 1.29 is 9.47 Å². The molecular formula is C16H17Br2NO2. The summed E-state index contributed by atoms with van der Waals surface area (Å²) < 4.78 is 13.4. The van der Waals surface area contributed by atoms with Gasteiger partial charge in [-0.05, 0) is 55.1 Å². The number of hydrogen-bond donors (Lipinski definition) is 1. The fourth-order valence-corrected chi connectivity index (χ4v) is 2.47. The zero-order chi connectivity index (χ0) is 15.1. The van der Waals surface area contributed by atoms with Crippen molar-refractivity contribution in [1.82, 2.24) is 5.32 Å². The van der Waals surface area contributed by atoms with E-state index in [4.69, 9.17) is 9.47 Å². The largest absolute Gasteiger partial charge is 0.490 e. The number of nitrogens with one attached hydrogen (secondary N) is 1. The predicted octanol–water partition coefficient (Wildman–Crippen LogP) is 4.39. The van der Waals surface area contributed by atoms with Crippen molar-refractivity contribution in [2.24, 2.45) is 0 Å². The predicted molar refractivity (Wildman–Crippen MR) is 92.0 cm³/mol. The SMILES string of the molecule is CNCc1cc(OCCOc2ccc(Br)cc2)ccc1Br. The van der Waals surface area contributed by atoms with Gasteiger partial charge in [0.25, 0.3) is 0 Å². The lowest BCUT2D eigenvalue weighted by Gasteiger charge is -2.10. The van der Waals surface area contributed by atoms with Crippen LogP contribution in [0.5, 0.6) is 11.5 Å². The van der Waals surface area contributed by atoms with Gasteiger partial charge in [-0.15, -0.1) is 0 Å². The molecule has 2 rings (SSSR count). The van der Waals surface area contributed by atoms with Gasteiger partial charge >= 0.3 is 0 Å². The van der Waals surface area contributed by atoms with Gasteiger partial charge in [-0.25, -0.2) is 0 Å². The zero-order valence-electron chi connectivity index (χ0n) is 11.7. The number of ether oxygens (including phenoxy) is 2. The third kappa shape index (κ3) is 5.34. The topological polar surface area (TPSA) is 30.5 Å². The molecular weight excluding hydrogens is 398 g/mol. The highest BCUT2D eigenvalue weighted by molar-refractivity contribution is 9.10. The molecule has 0 aliphatic heterocycles. The van der Waals surface area contributed by atoms with Gasteiger partial charge in [0.05, 0.1) is 0 Å². The van der Waals surface area contributed by atoms with E-state index < -0.39 is 0 Å². The molecule has 0 fully saturated rings. The summed E-state index contributed by atoms with van der Waals surface area (Å²) in [7, 11) is 1.92. The third-order valence-electron chi connectivity index (χ3n) is 2.82. The monoisotopic (exact) mass is 413 g/mol. The van der Waals surface area contributed by atoms with Crippen molar-refractivity contribution in [3.63, 3.8) is 0 Å². The van der Waals surface area contributed by atoms with Gasteiger partial charge in [-0.3, -0.25) is 0 Å². The molecule has 0 spiro atoms. The zero-order valence-corrected chi connectivity index (χ0v) is 14.9. The van der Waals surface area contributed by atoms with E-state index in [9.17, 15) is 0 Å². The minimum absolute atomic E-state index is 0.511. The van der Waals surface area contributed by atoms with Crippen LogP contribution in [0, 0.1) is 0 Å². The van der Waals surface area contributed by atoms with E-state index in [1.54, 1.807) is 0 Å². The molecule has 0 amide bonds. The Kier molecular flexibility index (Phi) is 6.54. The van der Waals surface area contributed by atoms with Crippen LogP contribution in [0.25, 0.3) is 0 Å². The van der Waals surface area contributed by atoms with Crippen LogP contribution < -0.4 is 14.8 Å². The fraction of sp³-hybridized carbons (Fsp3) is 0.250. The van der Waals surface area contributed by atoms with E-state index in [0.717, 1.165) is 27.0 Å². The summed E-state index contributed by atoms with van der Waals surface area (Å²) in [4.78, 5) is 0. The van der Waals surface area contributed by atoms with Crippen LogP contribution in [-0.2, 0) is 6.54 Å². The normalized spacial score (nSPS) is 10.4. The van der Waals surface area contributed by atoms with Gasteiger partial charge < -0.3 is 14.8 Å². The number of benzene rings is 2. The molecule has 0 aromatic heterocycles. The van der Waals surface area contributed by atoms with Crippen LogP contribution in [-0.4, -0.2) is 20.3 Å². The quantitative estimate of drug-likeness (QED) is 0.681. The molecule has 0 atom stereocenters. The highest BCUT2D eigenvalue weighted by atomic mass is 79.9. The van der Waals surface area contributed by atoms with Gasteiger partial charge in [-0.1, -0.05) is 31.9 Å². The summed E-state index contributed by atoms with van der Waals surface area (Å²) >= 11 is 6.92. The number of hydrogen-bond acceptors (Lipinski definition) is 3. The molecule has 0 aliphatic rings. The summed E-state index contributed by atoms with van der Waals surface area (Å²) in [5, 5.41) is 3.13. The molecule has 0 heterocycles. The summed E-state index contributed by atoms with van der Waals surface area (Å²) in [5.41, 5.74) is 1.17. The first-order chi connectivity index (χ1) is 10.2. The molecule has 112 valence electrons. The average molecular weight is 415 g/mol. The maximum atomic E-state index is 5.71. The molecule has 5 heteroatoms. The van der Waals surface area contributed by atoms with Crippen molar-refractivity contribution in [3.8, 4) is 11.5 Å². The molecule has 21 heavy (non-hydrogen) atoms. The van der Waals surface area contributed by atoms with Crippen molar-refractivity contribution in [2.75, 3.05) is 20.3 Å². The first-order valence-electron chi connectivity index (χ1n) is 6.63. The second-order valence-electron chi connectivity index (χ2n) is 4.43. The highest BCUT2D eigenvalue weighted by Crippen LogP contribution is 2.22. The van der Waals surface area contributed by atoms with E-state index >= 15 is 0 Å². The Labute approximate surface area is 141 Å². The van der Waals surface area contributed by atoms with Crippen LogP contribution in [0.3, 0.4) is 0 Å². The molecule has 2 aromatic rings. The molecule has 0 unspecified atom stereocenters. The van der Waals surface area contributed by atoms with E-state index in [1.807, 2.05) is 49.5 Å². The van der Waals surface area contributed by atoms with E-state index in [0.29, 0.717) is 13.2 Å². The molecule has 2 aromatic carbocycles. The minimum Gasteiger partial charge on any atom is -0.490 e. The molecule has 0 radical (unpaired) electrons. The minimum atomic E-state index is 0.511. The smallest absolute Gasteiger partial charge is 0.122 e. The highest BCUT2D eigenvalue weighted by Gasteiger charge is 2.02. The van der Waals surface area contributed by atoms with Crippen molar-refractivity contribution in [1.29, 1.82) is 0 Å². The van der Waals surface area contributed by atoms with Crippen LogP contribution in [0.15, 0.2) is 51.4 Å². The third-order valence-corrected chi connectivity index (χ3v) is 4.12. The Balaban J connectivity index is 1.80. The van der Waals surface area contributed by atoms with Crippen LogP contribution >= 0.6 is 31.9 Å². The maximum absolute atomic E-state index is 5.71. The second kappa shape index (κ2) is 8.41. The molecule has 0 saturated carbocycles. The van der Waals surface area contributed by atoms with Crippen LogP contribution in [0.1, 0.15) is 5.56 Å². The van der Waals surface area contributed by atoms with Gasteiger partial charge in [0.2, 0.25) is 0 Å². The Morgan fingerprint density at radius 1 is 0.905 bits per heavy atom. The average Bonchev–Trinajstić information content (AvgIpc) is 2.49. The van der Waals surface area contributed by atoms with Gasteiger partial charge in [-0.2, -0.15) is 0 Å². The fourth-order valence-electron chi connectivity index (χ4n) is 1.82. The van der Waals surface area contributed by atoms with Gasteiger partial charge in [0, 0.05) is 15.5 Å². The summed E-state index contributed by atoms with van der Waals surface area (Å²) in [6.45, 7) is 1.82.